The van der Waals surface area contributed by atoms with Crippen LogP contribution in [0.5, 0.6) is 0 Å². The molecule has 140 valence electrons. The highest BCUT2D eigenvalue weighted by atomic mass is 16.2. The molecule has 2 heterocycles. The van der Waals surface area contributed by atoms with Gasteiger partial charge in [0.05, 0.1) is 5.69 Å². The van der Waals surface area contributed by atoms with Crippen molar-refractivity contribution in [2.45, 2.75) is 6.42 Å². The van der Waals surface area contributed by atoms with Gasteiger partial charge in [0.1, 0.15) is 0 Å². The molecule has 2 N–H and O–H groups in total. The van der Waals surface area contributed by atoms with Crippen molar-refractivity contribution >= 4 is 17.3 Å². The molecule has 0 saturated carbocycles. The van der Waals surface area contributed by atoms with E-state index in [4.69, 9.17) is 0 Å². The molecule has 3 aromatic rings. The van der Waals surface area contributed by atoms with E-state index in [1.807, 2.05) is 47.4 Å². The Hall–Kier alpha value is -3.67. The number of urea groups is 1. The Bertz CT molecular complexity index is 1050. The van der Waals surface area contributed by atoms with E-state index in [1.54, 1.807) is 6.07 Å². The summed E-state index contributed by atoms with van der Waals surface area (Å²) in [5.41, 5.74) is 4.20. The molecule has 0 fully saturated rings. The van der Waals surface area contributed by atoms with Gasteiger partial charge < -0.3 is 10.2 Å². The highest BCUT2D eigenvalue weighted by Crippen LogP contribution is 2.23. The number of carbonyl (C=O) groups excluding carboxylic acids is 1. The predicted molar refractivity (Wildman–Crippen MR) is 110 cm³/mol. The Morgan fingerprint density at radius 3 is 2.61 bits per heavy atom. The molecule has 28 heavy (non-hydrogen) atoms. The number of hydrogen-bond acceptors (Lipinski definition) is 3. The largest absolute Gasteiger partial charge is 0.322 e. The third-order valence-corrected chi connectivity index (χ3v) is 4.67. The van der Waals surface area contributed by atoms with Crippen LogP contribution >= 0.6 is 0 Å². The summed E-state index contributed by atoms with van der Waals surface area (Å²) in [6.07, 6.45) is 3.03. The van der Waals surface area contributed by atoms with Crippen molar-refractivity contribution in [3.63, 3.8) is 0 Å². The molecule has 0 radical (unpaired) electrons. The molecule has 6 nitrogen and oxygen atoms in total. The average molecular weight is 372 g/mol. The van der Waals surface area contributed by atoms with Gasteiger partial charge in [-0.25, -0.2) is 9.89 Å². The van der Waals surface area contributed by atoms with E-state index in [1.165, 1.54) is 6.07 Å². The Balaban J connectivity index is 1.47. The van der Waals surface area contributed by atoms with E-state index < -0.39 is 0 Å². The number of rotatable bonds is 3. The van der Waals surface area contributed by atoms with E-state index in [0.29, 0.717) is 24.5 Å². The van der Waals surface area contributed by atoms with Gasteiger partial charge in [-0.3, -0.25) is 4.79 Å². The number of anilines is 1. The van der Waals surface area contributed by atoms with Crippen molar-refractivity contribution in [3.8, 4) is 11.3 Å². The number of nitrogens with zero attached hydrogens (tertiary/aromatic N) is 2. The molecule has 2 amide bonds. The first-order valence-corrected chi connectivity index (χ1v) is 9.15. The van der Waals surface area contributed by atoms with Crippen LogP contribution in [0, 0.1) is 0 Å². The summed E-state index contributed by atoms with van der Waals surface area (Å²) in [6.45, 7) is 1.26. The Kier molecular flexibility index (Phi) is 5.01. The van der Waals surface area contributed by atoms with Crippen LogP contribution in [0.4, 0.5) is 10.5 Å². The topological polar surface area (TPSA) is 78.1 Å². The van der Waals surface area contributed by atoms with Gasteiger partial charge in [-0.05, 0) is 35.8 Å². The molecule has 4 rings (SSSR count). The van der Waals surface area contributed by atoms with E-state index in [-0.39, 0.29) is 11.6 Å². The highest BCUT2D eigenvalue weighted by Gasteiger charge is 2.19. The maximum Gasteiger partial charge on any atom is 0.322 e. The lowest BCUT2D eigenvalue weighted by Gasteiger charge is -2.28. The number of hydrogen-bond donors (Lipinski definition) is 2. The van der Waals surface area contributed by atoms with Gasteiger partial charge in [0, 0.05) is 30.4 Å². The third kappa shape index (κ3) is 4.01. The molecule has 1 aromatic heterocycles. The molecule has 0 atom stereocenters. The summed E-state index contributed by atoms with van der Waals surface area (Å²) in [5.74, 6) is 0. The lowest BCUT2D eigenvalue weighted by molar-refractivity contribution is 0.217. The zero-order valence-corrected chi connectivity index (χ0v) is 15.3. The van der Waals surface area contributed by atoms with Crippen LogP contribution in [0.25, 0.3) is 16.8 Å². The van der Waals surface area contributed by atoms with Gasteiger partial charge in [-0.15, -0.1) is 0 Å². The molecular formula is C22H20N4O2. The summed E-state index contributed by atoms with van der Waals surface area (Å²) in [6, 6.07) is 20.5. The van der Waals surface area contributed by atoms with Crippen LogP contribution in [0.15, 0.2) is 77.6 Å². The number of benzene rings is 2. The smallest absolute Gasteiger partial charge is 0.320 e. The lowest BCUT2D eigenvalue weighted by atomic mass is 10.0. The van der Waals surface area contributed by atoms with Crippen molar-refractivity contribution in [2.24, 2.45) is 0 Å². The maximum absolute atomic E-state index is 12.8. The SMILES string of the molecule is O=C(Nc1cccc(-c2ccc(=O)[nH]n2)c1)N1CCC=C(c2ccccc2)C1. The van der Waals surface area contributed by atoms with Crippen molar-refractivity contribution < 1.29 is 4.79 Å². The molecule has 0 bridgehead atoms. The zero-order chi connectivity index (χ0) is 19.3. The summed E-state index contributed by atoms with van der Waals surface area (Å²) < 4.78 is 0. The molecule has 0 aliphatic carbocycles. The number of amides is 2. The van der Waals surface area contributed by atoms with E-state index in [0.717, 1.165) is 23.1 Å². The van der Waals surface area contributed by atoms with Crippen molar-refractivity contribution in [1.29, 1.82) is 0 Å². The van der Waals surface area contributed by atoms with Crippen LogP contribution in [-0.4, -0.2) is 34.2 Å². The fourth-order valence-corrected chi connectivity index (χ4v) is 3.24. The summed E-state index contributed by atoms with van der Waals surface area (Å²) in [7, 11) is 0. The zero-order valence-electron chi connectivity index (χ0n) is 15.3. The number of nitrogens with one attached hydrogen (secondary N) is 2. The summed E-state index contributed by atoms with van der Waals surface area (Å²) in [4.78, 5) is 25.8. The minimum atomic E-state index is -0.249. The van der Waals surface area contributed by atoms with Gasteiger partial charge in [0.25, 0.3) is 5.56 Å². The minimum Gasteiger partial charge on any atom is -0.320 e. The summed E-state index contributed by atoms with van der Waals surface area (Å²) >= 11 is 0. The van der Waals surface area contributed by atoms with Crippen molar-refractivity contribution in [3.05, 3.63) is 88.7 Å². The minimum absolute atomic E-state index is 0.131. The second-order valence-corrected chi connectivity index (χ2v) is 6.62. The number of aromatic nitrogens is 2. The summed E-state index contributed by atoms with van der Waals surface area (Å²) in [5, 5.41) is 9.42. The van der Waals surface area contributed by atoms with Gasteiger partial charge in [0.2, 0.25) is 0 Å². The molecule has 2 aromatic carbocycles. The molecule has 1 aliphatic rings. The monoisotopic (exact) mass is 372 g/mol. The molecule has 0 saturated heterocycles. The predicted octanol–water partition coefficient (Wildman–Crippen LogP) is 3.76. The van der Waals surface area contributed by atoms with Gasteiger partial charge in [0.15, 0.2) is 0 Å². The molecular weight excluding hydrogens is 352 g/mol. The average Bonchev–Trinajstić information content (AvgIpc) is 2.75. The first-order valence-electron chi connectivity index (χ1n) is 9.15. The van der Waals surface area contributed by atoms with Crippen LogP contribution in [0.3, 0.4) is 0 Å². The normalized spacial score (nSPS) is 13.7. The standard InChI is InChI=1S/C22H20N4O2/c27-21-12-11-20(24-25-21)17-8-4-10-19(14-17)23-22(28)26-13-5-9-18(15-26)16-6-2-1-3-7-16/h1-4,6-12,14H,5,13,15H2,(H,23,28)(H,25,27). The number of H-pyrrole nitrogens is 1. The Morgan fingerprint density at radius 1 is 1.00 bits per heavy atom. The van der Waals surface area contributed by atoms with Crippen LogP contribution < -0.4 is 10.9 Å². The third-order valence-electron chi connectivity index (χ3n) is 4.67. The van der Waals surface area contributed by atoms with Crippen molar-refractivity contribution in [1.82, 2.24) is 15.1 Å². The van der Waals surface area contributed by atoms with Gasteiger partial charge in [-0.1, -0.05) is 48.5 Å². The second-order valence-electron chi connectivity index (χ2n) is 6.62. The molecule has 6 heteroatoms. The Labute approximate surface area is 162 Å². The fourth-order valence-electron chi connectivity index (χ4n) is 3.24. The number of aromatic amines is 1. The van der Waals surface area contributed by atoms with E-state index in [2.05, 4.69) is 33.7 Å². The first-order chi connectivity index (χ1) is 13.7. The van der Waals surface area contributed by atoms with Crippen LogP contribution in [0.1, 0.15) is 12.0 Å². The maximum atomic E-state index is 12.8. The van der Waals surface area contributed by atoms with Gasteiger partial charge >= 0.3 is 6.03 Å². The molecule has 0 unspecified atom stereocenters. The van der Waals surface area contributed by atoms with Crippen molar-refractivity contribution in [2.75, 3.05) is 18.4 Å². The molecule has 0 spiro atoms. The lowest BCUT2D eigenvalue weighted by Crippen LogP contribution is -2.38. The van der Waals surface area contributed by atoms with E-state index in [9.17, 15) is 9.59 Å². The Morgan fingerprint density at radius 2 is 1.82 bits per heavy atom. The molecule has 1 aliphatic heterocycles. The van der Waals surface area contributed by atoms with E-state index >= 15 is 0 Å². The highest BCUT2D eigenvalue weighted by molar-refractivity contribution is 5.91. The van der Waals surface area contributed by atoms with Crippen LogP contribution in [-0.2, 0) is 0 Å². The second kappa shape index (κ2) is 7.92. The quantitative estimate of drug-likeness (QED) is 0.735. The van der Waals surface area contributed by atoms with Gasteiger partial charge in [-0.2, -0.15) is 5.10 Å². The number of carbonyl (C=O) groups is 1. The van der Waals surface area contributed by atoms with Crippen LogP contribution in [0.2, 0.25) is 0 Å². The first kappa shape index (κ1) is 17.7. The fraction of sp³-hybridized carbons (Fsp3) is 0.136.